The van der Waals surface area contributed by atoms with E-state index in [4.69, 9.17) is 11.6 Å². The van der Waals surface area contributed by atoms with Crippen molar-refractivity contribution >= 4 is 23.4 Å². The minimum Gasteiger partial charge on any atom is -0.275 e. The largest absolute Gasteiger partial charge is 0.275 e. The molecular formula is C15H16ClNO2. The lowest BCUT2D eigenvalue weighted by Crippen LogP contribution is -2.41. The summed E-state index contributed by atoms with van der Waals surface area (Å²) >= 11 is 5.82. The number of halogens is 1. The third-order valence-corrected chi connectivity index (χ3v) is 4.47. The molecule has 2 atom stereocenters. The molecule has 19 heavy (non-hydrogen) atoms. The number of likely N-dealkylation sites (tertiary alicyclic amines) is 1. The van der Waals surface area contributed by atoms with Crippen molar-refractivity contribution in [3.8, 4) is 0 Å². The Morgan fingerprint density at radius 3 is 2.58 bits per heavy atom. The Balaban J connectivity index is 1.86. The van der Waals surface area contributed by atoms with Gasteiger partial charge in [0.1, 0.15) is 0 Å². The summed E-state index contributed by atoms with van der Waals surface area (Å²) in [6.45, 7) is 0. The van der Waals surface area contributed by atoms with Crippen LogP contribution >= 0.6 is 11.6 Å². The van der Waals surface area contributed by atoms with E-state index in [1.807, 2.05) is 0 Å². The van der Waals surface area contributed by atoms with E-state index in [0.29, 0.717) is 22.9 Å². The highest BCUT2D eigenvalue weighted by molar-refractivity contribution is 6.30. The van der Waals surface area contributed by atoms with Crippen LogP contribution in [-0.4, -0.2) is 22.8 Å². The summed E-state index contributed by atoms with van der Waals surface area (Å²) in [5, 5.41) is 0.597. The maximum absolute atomic E-state index is 12.5. The molecule has 100 valence electrons. The Bertz CT molecular complexity index is 511. The van der Waals surface area contributed by atoms with Gasteiger partial charge >= 0.3 is 0 Å². The summed E-state index contributed by atoms with van der Waals surface area (Å²) in [5.41, 5.74) is 0.545. The van der Waals surface area contributed by atoms with Crippen molar-refractivity contribution in [3.63, 3.8) is 0 Å². The van der Waals surface area contributed by atoms with Crippen molar-refractivity contribution in [1.29, 1.82) is 0 Å². The smallest absolute Gasteiger partial charge is 0.260 e. The number of carbonyl (C=O) groups excluding carboxylic acids is 2. The molecule has 1 aliphatic carbocycles. The van der Waals surface area contributed by atoms with Crippen LogP contribution in [0.4, 0.5) is 0 Å². The van der Waals surface area contributed by atoms with Gasteiger partial charge in [-0.2, -0.15) is 0 Å². The highest BCUT2D eigenvalue weighted by atomic mass is 35.5. The molecule has 2 aliphatic rings. The van der Waals surface area contributed by atoms with Gasteiger partial charge in [0.2, 0.25) is 5.91 Å². The normalized spacial score (nSPS) is 26.4. The fourth-order valence-corrected chi connectivity index (χ4v) is 3.40. The first-order valence-corrected chi connectivity index (χ1v) is 7.16. The second-order valence-electron chi connectivity index (χ2n) is 5.39. The third-order valence-electron chi connectivity index (χ3n) is 4.22. The Hall–Kier alpha value is -1.35. The number of nitrogens with zero attached hydrogens (tertiary/aromatic N) is 1. The van der Waals surface area contributed by atoms with Crippen LogP contribution in [-0.2, 0) is 4.79 Å². The summed E-state index contributed by atoms with van der Waals surface area (Å²) < 4.78 is 0. The lowest BCUT2D eigenvalue weighted by atomic mass is 9.85. The number of imide groups is 1. The molecule has 2 unspecified atom stereocenters. The first kappa shape index (κ1) is 12.7. The van der Waals surface area contributed by atoms with Crippen molar-refractivity contribution in [2.75, 3.05) is 0 Å². The van der Waals surface area contributed by atoms with Gasteiger partial charge in [-0.05, 0) is 43.0 Å². The number of rotatable bonds is 1. The lowest BCUT2D eigenvalue weighted by Gasteiger charge is -2.30. The van der Waals surface area contributed by atoms with Gasteiger partial charge in [-0.1, -0.05) is 24.4 Å². The average molecular weight is 278 g/mol. The number of hydrogen-bond donors (Lipinski definition) is 0. The van der Waals surface area contributed by atoms with Gasteiger partial charge in [0.25, 0.3) is 5.91 Å². The molecule has 0 spiro atoms. The van der Waals surface area contributed by atoms with Gasteiger partial charge in [-0.3, -0.25) is 14.5 Å². The quantitative estimate of drug-likeness (QED) is 0.739. The predicted octanol–water partition coefficient (Wildman–Crippen LogP) is 3.27. The van der Waals surface area contributed by atoms with Gasteiger partial charge in [0.05, 0.1) is 0 Å². The zero-order chi connectivity index (χ0) is 13.4. The van der Waals surface area contributed by atoms with Crippen LogP contribution in [0.5, 0.6) is 0 Å². The Labute approximate surface area is 117 Å². The number of fused-ring (bicyclic) bond motifs is 1. The van der Waals surface area contributed by atoms with Crippen LogP contribution in [0.3, 0.4) is 0 Å². The molecule has 2 fully saturated rings. The Kier molecular flexibility index (Phi) is 3.31. The van der Waals surface area contributed by atoms with E-state index in [2.05, 4.69) is 0 Å². The molecule has 0 bridgehead atoms. The molecule has 1 heterocycles. The Morgan fingerprint density at radius 1 is 1.16 bits per heavy atom. The number of carbonyl (C=O) groups is 2. The van der Waals surface area contributed by atoms with Gasteiger partial charge < -0.3 is 0 Å². The van der Waals surface area contributed by atoms with Gasteiger partial charge in [0, 0.05) is 23.0 Å². The summed E-state index contributed by atoms with van der Waals surface area (Å²) in [4.78, 5) is 26.1. The van der Waals surface area contributed by atoms with Crippen LogP contribution in [0.1, 0.15) is 42.5 Å². The molecule has 0 N–H and O–H groups in total. The predicted molar refractivity (Wildman–Crippen MR) is 73.0 cm³/mol. The van der Waals surface area contributed by atoms with Crippen LogP contribution in [0.2, 0.25) is 5.02 Å². The number of benzene rings is 1. The standard InChI is InChI=1S/C15H16ClNO2/c16-12-7-5-10(6-8-12)15(19)17-13-4-2-1-3-11(13)9-14(17)18/h5-8,11,13H,1-4,9H2. The maximum Gasteiger partial charge on any atom is 0.260 e. The highest BCUT2D eigenvalue weighted by Crippen LogP contribution is 2.37. The van der Waals surface area contributed by atoms with Crippen LogP contribution in [0.15, 0.2) is 24.3 Å². The van der Waals surface area contributed by atoms with Gasteiger partial charge in [-0.15, -0.1) is 0 Å². The minimum atomic E-state index is -0.170. The highest BCUT2D eigenvalue weighted by Gasteiger charge is 2.44. The van der Waals surface area contributed by atoms with E-state index in [-0.39, 0.29) is 17.9 Å². The van der Waals surface area contributed by atoms with E-state index in [1.54, 1.807) is 24.3 Å². The molecule has 3 rings (SSSR count). The fraction of sp³-hybridized carbons (Fsp3) is 0.467. The number of hydrogen-bond acceptors (Lipinski definition) is 2. The van der Waals surface area contributed by atoms with Crippen molar-refractivity contribution in [1.82, 2.24) is 4.90 Å². The van der Waals surface area contributed by atoms with E-state index >= 15 is 0 Å². The summed E-state index contributed by atoms with van der Waals surface area (Å²) in [6, 6.07) is 6.87. The van der Waals surface area contributed by atoms with E-state index < -0.39 is 0 Å². The third kappa shape index (κ3) is 2.27. The molecule has 1 saturated carbocycles. The van der Waals surface area contributed by atoms with Crippen LogP contribution in [0.25, 0.3) is 0 Å². The number of amides is 2. The van der Waals surface area contributed by atoms with E-state index in [0.717, 1.165) is 19.3 Å². The molecule has 2 amide bonds. The molecule has 0 radical (unpaired) electrons. The molecule has 3 nitrogen and oxygen atoms in total. The van der Waals surface area contributed by atoms with Crippen molar-refractivity contribution in [3.05, 3.63) is 34.9 Å². The average Bonchev–Trinajstić information content (AvgIpc) is 2.74. The van der Waals surface area contributed by atoms with Crippen molar-refractivity contribution < 1.29 is 9.59 Å². The van der Waals surface area contributed by atoms with Gasteiger partial charge in [-0.25, -0.2) is 0 Å². The molecule has 1 aromatic carbocycles. The molecule has 0 aromatic heterocycles. The Morgan fingerprint density at radius 2 is 1.84 bits per heavy atom. The molecular weight excluding hydrogens is 262 g/mol. The topological polar surface area (TPSA) is 37.4 Å². The van der Waals surface area contributed by atoms with E-state index in [9.17, 15) is 9.59 Å². The SMILES string of the molecule is O=C1CC2CCCCC2N1C(=O)c1ccc(Cl)cc1. The summed E-state index contributed by atoms with van der Waals surface area (Å²) in [7, 11) is 0. The second-order valence-corrected chi connectivity index (χ2v) is 5.83. The monoisotopic (exact) mass is 277 g/mol. The molecule has 1 aromatic rings. The molecule has 1 aliphatic heterocycles. The fourth-order valence-electron chi connectivity index (χ4n) is 3.27. The van der Waals surface area contributed by atoms with Crippen molar-refractivity contribution in [2.45, 2.75) is 38.1 Å². The minimum absolute atomic E-state index is 0.0168. The van der Waals surface area contributed by atoms with Crippen LogP contribution in [0, 0.1) is 5.92 Å². The molecule has 1 saturated heterocycles. The first-order chi connectivity index (χ1) is 9.16. The zero-order valence-electron chi connectivity index (χ0n) is 10.6. The molecule has 4 heteroatoms. The first-order valence-electron chi connectivity index (χ1n) is 6.79. The van der Waals surface area contributed by atoms with Crippen LogP contribution < -0.4 is 0 Å². The maximum atomic E-state index is 12.5. The van der Waals surface area contributed by atoms with Gasteiger partial charge in [0.15, 0.2) is 0 Å². The van der Waals surface area contributed by atoms with Crippen molar-refractivity contribution in [2.24, 2.45) is 5.92 Å². The van der Waals surface area contributed by atoms with E-state index in [1.165, 1.54) is 11.3 Å². The second kappa shape index (κ2) is 4.97. The zero-order valence-corrected chi connectivity index (χ0v) is 11.4. The lowest BCUT2D eigenvalue weighted by molar-refractivity contribution is -0.126. The summed E-state index contributed by atoms with van der Waals surface area (Å²) in [6.07, 6.45) is 4.84. The summed E-state index contributed by atoms with van der Waals surface area (Å²) in [5.74, 6) is 0.186.